The van der Waals surface area contributed by atoms with Crippen molar-refractivity contribution in [2.75, 3.05) is 20.1 Å². The van der Waals surface area contributed by atoms with Crippen LogP contribution in [0.2, 0.25) is 0 Å². The summed E-state index contributed by atoms with van der Waals surface area (Å²) in [5.74, 6) is 0.696. The first-order valence-corrected chi connectivity index (χ1v) is 5.02. The molecule has 1 aliphatic rings. The second-order valence-corrected chi connectivity index (χ2v) is 3.71. The molecule has 14 heavy (non-hydrogen) atoms. The van der Waals surface area contributed by atoms with Crippen LogP contribution in [0.25, 0.3) is 0 Å². The van der Waals surface area contributed by atoms with Crippen LogP contribution in [0.1, 0.15) is 12.8 Å². The van der Waals surface area contributed by atoms with Gasteiger partial charge in [0.05, 0.1) is 0 Å². The Morgan fingerprint density at radius 1 is 1.50 bits per heavy atom. The van der Waals surface area contributed by atoms with Crippen molar-refractivity contribution in [1.82, 2.24) is 9.88 Å². The molecule has 1 aliphatic heterocycles. The number of aromatic nitrogens is 1. The van der Waals surface area contributed by atoms with Crippen molar-refractivity contribution in [2.45, 2.75) is 18.9 Å². The van der Waals surface area contributed by atoms with Crippen LogP contribution in [0.4, 0.5) is 0 Å². The van der Waals surface area contributed by atoms with Gasteiger partial charge in [0.15, 0.2) is 0 Å². The van der Waals surface area contributed by atoms with Crippen molar-refractivity contribution >= 4 is 0 Å². The molecule has 0 aliphatic carbocycles. The molecule has 2 rings (SSSR count). The summed E-state index contributed by atoms with van der Waals surface area (Å²) in [7, 11) is 2.14. The molecule has 0 aromatic carbocycles. The van der Waals surface area contributed by atoms with Crippen LogP contribution < -0.4 is 4.74 Å². The Hall–Kier alpha value is -1.09. The first kappa shape index (κ1) is 9.46. The molecule has 0 bridgehead atoms. The Kier molecular flexibility index (Phi) is 2.99. The molecule has 0 saturated carbocycles. The van der Waals surface area contributed by atoms with Crippen molar-refractivity contribution in [3.8, 4) is 5.88 Å². The summed E-state index contributed by atoms with van der Waals surface area (Å²) in [6.07, 6.45) is 4.22. The molecular formula is C11H15N2O. The molecule has 3 nitrogen and oxygen atoms in total. The third kappa shape index (κ3) is 2.45. The van der Waals surface area contributed by atoms with E-state index in [1.165, 1.54) is 0 Å². The predicted octanol–water partition coefficient (Wildman–Crippen LogP) is 1.35. The monoisotopic (exact) mass is 191 g/mol. The Morgan fingerprint density at radius 2 is 2.29 bits per heavy atom. The SMILES string of the molecule is CN1CCC(Oc2c[c]ccn2)CC1. The molecular weight excluding hydrogens is 176 g/mol. The Morgan fingerprint density at radius 3 is 2.93 bits per heavy atom. The van der Waals surface area contributed by atoms with Gasteiger partial charge in [-0.25, -0.2) is 4.98 Å². The fraction of sp³-hybridized carbons (Fsp3) is 0.545. The maximum atomic E-state index is 5.73. The number of hydrogen-bond acceptors (Lipinski definition) is 3. The molecule has 1 aromatic heterocycles. The van der Waals surface area contributed by atoms with E-state index in [-0.39, 0.29) is 0 Å². The quantitative estimate of drug-likeness (QED) is 0.705. The first-order valence-electron chi connectivity index (χ1n) is 5.02. The standard InChI is InChI=1S/C11H15N2O/c1-13-8-5-10(6-9-13)14-11-4-2-3-7-12-11/h3-4,7,10H,5-6,8-9H2,1H3. The lowest BCUT2D eigenvalue weighted by Crippen LogP contribution is -2.35. The van der Waals surface area contributed by atoms with Crippen LogP contribution in [0, 0.1) is 6.07 Å². The van der Waals surface area contributed by atoms with Crippen molar-refractivity contribution in [1.29, 1.82) is 0 Å². The van der Waals surface area contributed by atoms with Gasteiger partial charge >= 0.3 is 0 Å². The van der Waals surface area contributed by atoms with Gasteiger partial charge in [0, 0.05) is 25.4 Å². The maximum Gasteiger partial charge on any atom is 0.214 e. The summed E-state index contributed by atoms with van der Waals surface area (Å²) in [5, 5.41) is 0. The minimum Gasteiger partial charge on any atom is -0.474 e. The van der Waals surface area contributed by atoms with E-state index in [1.54, 1.807) is 18.3 Å². The number of nitrogens with zero attached hydrogens (tertiary/aromatic N) is 2. The normalized spacial score (nSPS) is 19.5. The van der Waals surface area contributed by atoms with E-state index in [0.717, 1.165) is 25.9 Å². The summed E-state index contributed by atoms with van der Waals surface area (Å²) >= 11 is 0. The molecule has 2 heterocycles. The molecule has 1 aromatic rings. The van der Waals surface area contributed by atoms with Gasteiger partial charge in [0.2, 0.25) is 5.88 Å². The summed E-state index contributed by atoms with van der Waals surface area (Å²) < 4.78 is 5.73. The molecule has 1 saturated heterocycles. The lowest BCUT2D eigenvalue weighted by Gasteiger charge is -2.28. The molecule has 0 unspecified atom stereocenters. The van der Waals surface area contributed by atoms with Gasteiger partial charge in [-0.15, -0.1) is 0 Å². The average molecular weight is 191 g/mol. The highest BCUT2D eigenvalue weighted by molar-refractivity contribution is 5.08. The van der Waals surface area contributed by atoms with Gasteiger partial charge < -0.3 is 9.64 Å². The maximum absolute atomic E-state index is 5.73. The topological polar surface area (TPSA) is 25.4 Å². The van der Waals surface area contributed by atoms with Crippen LogP contribution in [0.5, 0.6) is 5.88 Å². The third-order valence-corrected chi connectivity index (χ3v) is 2.53. The summed E-state index contributed by atoms with van der Waals surface area (Å²) in [5.41, 5.74) is 0. The predicted molar refractivity (Wildman–Crippen MR) is 54.2 cm³/mol. The van der Waals surface area contributed by atoms with Gasteiger partial charge in [0.25, 0.3) is 0 Å². The van der Waals surface area contributed by atoms with E-state index in [1.807, 2.05) is 0 Å². The highest BCUT2D eigenvalue weighted by atomic mass is 16.5. The zero-order valence-corrected chi connectivity index (χ0v) is 8.44. The summed E-state index contributed by atoms with van der Waals surface area (Å²) in [6.45, 7) is 2.22. The minimum atomic E-state index is 0.328. The largest absolute Gasteiger partial charge is 0.474 e. The fourth-order valence-electron chi connectivity index (χ4n) is 1.65. The lowest BCUT2D eigenvalue weighted by molar-refractivity contribution is 0.110. The molecule has 0 N–H and O–H groups in total. The zero-order valence-electron chi connectivity index (χ0n) is 8.44. The van der Waals surface area contributed by atoms with E-state index in [9.17, 15) is 0 Å². The molecule has 0 spiro atoms. The zero-order chi connectivity index (χ0) is 9.80. The highest BCUT2D eigenvalue weighted by Crippen LogP contribution is 2.15. The molecule has 3 heteroatoms. The van der Waals surface area contributed by atoms with E-state index < -0.39 is 0 Å². The molecule has 0 atom stereocenters. The molecule has 0 amide bonds. The minimum absolute atomic E-state index is 0.328. The Labute approximate surface area is 84.7 Å². The van der Waals surface area contributed by atoms with Crippen LogP contribution in [0.3, 0.4) is 0 Å². The summed E-state index contributed by atoms with van der Waals surface area (Å²) in [4.78, 5) is 6.45. The third-order valence-electron chi connectivity index (χ3n) is 2.53. The van der Waals surface area contributed by atoms with E-state index >= 15 is 0 Å². The van der Waals surface area contributed by atoms with E-state index in [4.69, 9.17) is 4.74 Å². The number of pyridine rings is 1. The van der Waals surface area contributed by atoms with Gasteiger partial charge in [0.1, 0.15) is 6.10 Å². The van der Waals surface area contributed by atoms with Gasteiger partial charge in [-0.05, 0) is 32.0 Å². The van der Waals surface area contributed by atoms with Crippen molar-refractivity contribution in [3.05, 3.63) is 24.4 Å². The van der Waals surface area contributed by atoms with Crippen LogP contribution in [0.15, 0.2) is 18.3 Å². The van der Waals surface area contributed by atoms with Gasteiger partial charge in [-0.3, -0.25) is 0 Å². The van der Waals surface area contributed by atoms with Crippen LogP contribution in [-0.2, 0) is 0 Å². The number of likely N-dealkylation sites (tertiary alicyclic amines) is 1. The molecule has 75 valence electrons. The lowest BCUT2D eigenvalue weighted by atomic mass is 10.1. The van der Waals surface area contributed by atoms with Gasteiger partial charge in [-0.2, -0.15) is 0 Å². The number of hydrogen-bond donors (Lipinski definition) is 0. The Balaban J connectivity index is 1.87. The van der Waals surface area contributed by atoms with E-state index in [2.05, 4.69) is 23.0 Å². The fourth-order valence-corrected chi connectivity index (χ4v) is 1.65. The van der Waals surface area contributed by atoms with Crippen molar-refractivity contribution in [2.24, 2.45) is 0 Å². The Bertz CT molecular complexity index is 268. The van der Waals surface area contributed by atoms with Crippen LogP contribution >= 0.6 is 0 Å². The number of rotatable bonds is 2. The van der Waals surface area contributed by atoms with E-state index in [0.29, 0.717) is 12.0 Å². The smallest absolute Gasteiger partial charge is 0.214 e. The molecule has 1 fully saturated rings. The number of piperidine rings is 1. The second kappa shape index (κ2) is 4.42. The highest BCUT2D eigenvalue weighted by Gasteiger charge is 2.17. The van der Waals surface area contributed by atoms with Gasteiger partial charge in [-0.1, -0.05) is 0 Å². The van der Waals surface area contributed by atoms with Crippen LogP contribution in [-0.4, -0.2) is 36.1 Å². The van der Waals surface area contributed by atoms with Crippen molar-refractivity contribution < 1.29 is 4.74 Å². The first-order chi connectivity index (χ1) is 6.84. The molecule has 1 radical (unpaired) electrons. The second-order valence-electron chi connectivity index (χ2n) is 3.71. The number of ether oxygens (including phenoxy) is 1. The van der Waals surface area contributed by atoms with Crippen molar-refractivity contribution in [3.63, 3.8) is 0 Å². The summed E-state index contributed by atoms with van der Waals surface area (Å²) in [6, 6.07) is 6.53. The average Bonchev–Trinajstić information content (AvgIpc) is 2.23.